The summed E-state index contributed by atoms with van der Waals surface area (Å²) in [6.45, 7) is 2.23. The molecule has 0 fully saturated rings. The lowest BCUT2D eigenvalue weighted by Gasteiger charge is -2.10. The Morgan fingerprint density at radius 3 is 2.67 bits per heavy atom. The maximum Gasteiger partial charge on any atom is 0.0751 e. The van der Waals surface area contributed by atoms with Crippen LogP contribution in [0.3, 0.4) is 0 Å². The first-order valence-electron chi connectivity index (χ1n) is 5.86. The Labute approximate surface area is 91.9 Å². The second-order valence-corrected chi connectivity index (χ2v) is 4.09. The smallest absolute Gasteiger partial charge is 0.0751 e. The van der Waals surface area contributed by atoms with E-state index in [1.807, 2.05) is 7.05 Å². The number of nitrogens with two attached hydrogens (primary N) is 1. The van der Waals surface area contributed by atoms with Gasteiger partial charge in [-0.25, -0.2) is 0 Å². The van der Waals surface area contributed by atoms with Crippen LogP contribution in [0.2, 0.25) is 0 Å². The van der Waals surface area contributed by atoms with E-state index in [0.717, 1.165) is 12.1 Å². The Morgan fingerprint density at radius 1 is 1.33 bits per heavy atom. The van der Waals surface area contributed by atoms with Crippen LogP contribution in [0.1, 0.15) is 57.2 Å². The van der Waals surface area contributed by atoms with Gasteiger partial charge in [-0.2, -0.15) is 0 Å². The molecule has 1 aromatic rings. The minimum atomic E-state index is 0.0895. The highest BCUT2D eigenvalue weighted by Crippen LogP contribution is 2.16. The van der Waals surface area contributed by atoms with Crippen molar-refractivity contribution in [2.45, 2.75) is 51.5 Å². The fourth-order valence-electron chi connectivity index (χ4n) is 1.75. The normalized spacial score (nSPS) is 13.0. The summed E-state index contributed by atoms with van der Waals surface area (Å²) in [6.07, 6.45) is 9.23. The third kappa shape index (κ3) is 4.00. The molecule has 0 aliphatic carbocycles. The van der Waals surface area contributed by atoms with Crippen molar-refractivity contribution < 1.29 is 0 Å². The number of unbranched alkanes of at least 4 members (excludes halogenated alkanes) is 4. The lowest BCUT2D eigenvalue weighted by Crippen LogP contribution is -2.14. The minimum Gasteiger partial charge on any atom is -0.323 e. The van der Waals surface area contributed by atoms with Gasteiger partial charge in [0.25, 0.3) is 0 Å². The predicted octanol–water partition coefficient (Wildman–Crippen LogP) is 2.18. The van der Waals surface area contributed by atoms with Crippen molar-refractivity contribution >= 4 is 0 Å². The molecule has 0 aliphatic rings. The molecule has 0 spiro atoms. The first kappa shape index (κ1) is 12.2. The first-order chi connectivity index (χ1) is 7.25. The van der Waals surface area contributed by atoms with Gasteiger partial charge >= 0.3 is 0 Å². The zero-order valence-corrected chi connectivity index (χ0v) is 9.82. The van der Waals surface area contributed by atoms with E-state index < -0.39 is 0 Å². The van der Waals surface area contributed by atoms with Gasteiger partial charge in [0.05, 0.1) is 11.9 Å². The standard InChI is InChI=1S/C11H22N4/c1-3-4-5-6-7-8-10(12)11-9-13-14-15(11)2/h9-10H,3-8,12H2,1-2H3. The molecule has 1 heterocycles. The maximum atomic E-state index is 6.05. The number of aryl methyl sites for hydroxylation is 1. The van der Waals surface area contributed by atoms with Crippen molar-refractivity contribution in [1.29, 1.82) is 0 Å². The average molecular weight is 210 g/mol. The Kier molecular flexibility index (Phi) is 5.32. The van der Waals surface area contributed by atoms with E-state index in [4.69, 9.17) is 5.73 Å². The summed E-state index contributed by atoms with van der Waals surface area (Å²) in [7, 11) is 1.89. The zero-order valence-electron chi connectivity index (χ0n) is 9.82. The van der Waals surface area contributed by atoms with E-state index >= 15 is 0 Å². The SMILES string of the molecule is CCCCCCCC(N)c1cnnn1C. The Bertz CT molecular complexity index is 269. The highest BCUT2D eigenvalue weighted by atomic mass is 15.4. The molecule has 86 valence electrons. The van der Waals surface area contributed by atoms with Crippen LogP contribution in [0.4, 0.5) is 0 Å². The summed E-state index contributed by atoms with van der Waals surface area (Å²) in [6, 6.07) is 0.0895. The summed E-state index contributed by atoms with van der Waals surface area (Å²) in [5.74, 6) is 0. The van der Waals surface area contributed by atoms with Crippen LogP contribution in [0.25, 0.3) is 0 Å². The maximum absolute atomic E-state index is 6.05. The molecule has 0 saturated carbocycles. The van der Waals surface area contributed by atoms with Crippen molar-refractivity contribution in [3.8, 4) is 0 Å². The molecule has 2 N–H and O–H groups in total. The quantitative estimate of drug-likeness (QED) is 0.702. The predicted molar refractivity (Wildman–Crippen MR) is 61.3 cm³/mol. The molecular formula is C11H22N4. The van der Waals surface area contributed by atoms with Gasteiger partial charge in [-0.1, -0.05) is 44.2 Å². The number of hydrogen-bond acceptors (Lipinski definition) is 3. The van der Waals surface area contributed by atoms with E-state index in [-0.39, 0.29) is 6.04 Å². The lowest BCUT2D eigenvalue weighted by atomic mass is 10.1. The largest absolute Gasteiger partial charge is 0.323 e. The van der Waals surface area contributed by atoms with Crippen LogP contribution in [0, 0.1) is 0 Å². The summed E-state index contributed by atoms with van der Waals surface area (Å²) < 4.78 is 1.76. The molecule has 0 aliphatic heterocycles. The molecular weight excluding hydrogens is 188 g/mol. The van der Waals surface area contributed by atoms with Crippen molar-refractivity contribution in [3.63, 3.8) is 0 Å². The van der Waals surface area contributed by atoms with Crippen molar-refractivity contribution in [3.05, 3.63) is 11.9 Å². The van der Waals surface area contributed by atoms with Gasteiger partial charge < -0.3 is 5.73 Å². The molecule has 0 saturated heterocycles. The highest BCUT2D eigenvalue weighted by Gasteiger charge is 2.09. The fraction of sp³-hybridized carbons (Fsp3) is 0.818. The Morgan fingerprint density at radius 2 is 2.07 bits per heavy atom. The Balaban J connectivity index is 2.19. The third-order valence-corrected chi connectivity index (χ3v) is 2.75. The van der Waals surface area contributed by atoms with Gasteiger partial charge in [-0.05, 0) is 6.42 Å². The molecule has 0 radical (unpaired) electrons. The second kappa shape index (κ2) is 6.56. The summed E-state index contributed by atoms with van der Waals surface area (Å²) in [4.78, 5) is 0. The van der Waals surface area contributed by atoms with Crippen LogP contribution >= 0.6 is 0 Å². The lowest BCUT2D eigenvalue weighted by molar-refractivity contribution is 0.526. The van der Waals surface area contributed by atoms with Gasteiger partial charge in [0, 0.05) is 13.1 Å². The minimum absolute atomic E-state index is 0.0895. The fourth-order valence-corrected chi connectivity index (χ4v) is 1.75. The van der Waals surface area contributed by atoms with E-state index in [0.29, 0.717) is 0 Å². The average Bonchev–Trinajstić information content (AvgIpc) is 2.64. The molecule has 4 nitrogen and oxygen atoms in total. The van der Waals surface area contributed by atoms with Gasteiger partial charge in [0.15, 0.2) is 0 Å². The van der Waals surface area contributed by atoms with Crippen LogP contribution in [0.15, 0.2) is 6.20 Å². The molecule has 1 atom stereocenters. The molecule has 1 rings (SSSR count). The van der Waals surface area contributed by atoms with Crippen LogP contribution in [-0.4, -0.2) is 15.0 Å². The number of nitrogens with zero attached hydrogens (tertiary/aromatic N) is 3. The number of aromatic nitrogens is 3. The molecule has 0 bridgehead atoms. The molecule has 4 heteroatoms. The van der Waals surface area contributed by atoms with Crippen LogP contribution < -0.4 is 5.73 Å². The first-order valence-corrected chi connectivity index (χ1v) is 5.86. The molecule has 1 unspecified atom stereocenters. The molecule has 0 aromatic carbocycles. The third-order valence-electron chi connectivity index (χ3n) is 2.75. The summed E-state index contributed by atoms with van der Waals surface area (Å²) in [5.41, 5.74) is 7.09. The van der Waals surface area contributed by atoms with Gasteiger partial charge in [-0.3, -0.25) is 4.68 Å². The topological polar surface area (TPSA) is 56.7 Å². The van der Waals surface area contributed by atoms with E-state index in [2.05, 4.69) is 17.2 Å². The van der Waals surface area contributed by atoms with Gasteiger partial charge in [-0.15, -0.1) is 5.10 Å². The number of rotatable bonds is 7. The van der Waals surface area contributed by atoms with Crippen LogP contribution in [0.5, 0.6) is 0 Å². The Hall–Kier alpha value is -0.900. The second-order valence-electron chi connectivity index (χ2n) is 4.09. The van der Waals surface area contributed by atoms with E-state index in [9.17, 15) is 0 Å². The highest BCUT2D eigenvalue weighted by molar-refractivity contribution is 4.99. The number of hydrogen-bond donors (Lipinski definition) is 1. The zero-order chi connectivity index (χ0) is 11.1. The van der Waals surface area contributed by atoms with Crippen molar-refractivity contribution in [2.24, 2.45) is 12.8 Å². The molecule has 0 amide bonds. The van der Waals surface area contributed by atoms with Gasteiger partial charge in [0.2, 0.25) is 0 Å². The van der Waals surface area contributed by atoms with Gasteiger partial charge in [0.1, 0.15) is 0 Å². The van der Waals surface area contributed by atoms with Crippen molar-refractivity contribution in [2.75, 3.05) is 0 Å². The molecule has 15 heavy (non-hydrogen) atoms. The summed E-state index contributed by atoms with van der Waals surface area (Å²) >= 11 is 0. The van der Waals surface area contributed by atoms with Crippen LogP contribution in [-0.2, 0) is 7.05 Å². The monoisotopic (exact) mass is 210 g/mol. The summed E-state index contributed by atoms with van der Waals surface area (Å²) in [5, 5.41) is 7.72. The van der Waals surface area contributed by atoms with E-state index in [1.54, 1.807) is 10.9 Å². The molecule has 1 aromatic heterocycles. The van der Waals surface area contributed by atoms with E-state index in [1.165, 1.54) is 32.1 Å². The van der Waals surface area contributed by atoms with Crippen molar-refractivity contribution in [1.82, 2.24) is 15.0 Å².